The van der Waals surface area contributed by atoms with E-state index in [0.717, 1.165) is 0 Å². The Labute approximate surface area is 167 Å². The number of hydrogen-bond acceptors (Lipinski definition) is 6. The molecule has 0 atom stereocenters. The van der Waals surface area contributed by atoms with E-state index in [-0.39, 0.29) is 118 Å². The third-order valence-corrected chi connectivity index (χ3v) is 0. The third-order valence-electron chi connectivity index (χ3n) is 0. The normalized spacial score (nSPS) is 4.17. The van der Waals surface area contributed by atoms with E-state index < -0.39 is 27.8 Å². The van der Waals surface area contributed by atoms with Crippen LogP contribution in [0.1, 0.15) is 0 Å². The summed E-state index contributed by atoms with van der Waals surface area (Å²) >= 11 is -4.08. The predicted molar refractivity (Wildman–Crippen MR) is 7.13 cm³/mol. The van der Waals surface area contributed by atoms with Crippen molar-refractivity contribution in [2.45, 2.75) is 0 Å². The second-order valence-electron chi connectivity index (χ2n) is 0.500. The van der Waals surface area contributed by atoms with Crippen molar-refractivity contribution >= 4 is 9.17 Å². The minimum atomic E-state index is -4.08. The van der Waals surface area contributed by atoms with E-state index in [2.05, 4.69) is 0 Å². The van der Waals surface area contributed by atoms with Gasteiger partial charge in [-0.2, -0.15) is 0 Å². The molecule has 0 aromatic rings. The first-order valence-electron chi connectivity index (χ1n) is 1.22. The van der Waals surface area contributed by atoms with Crippen molar-refractivity contribution in [3.63, 3.8) is 0 Å². The third kappa shape index (κ3) is 146. The van der Waals surface area contributed by atoms with Crippen LogP contribution in [-0.4, -0.2) is 9.17 Å². The number of hydrogen-bond donors (Lipinski definition) is 0. The Kier molecular flexibility index (Phi) is 88.2. The monoisotopic (exact) mass is 264 g/mol. The standard InChI is InChI=1S/4Na.O3Si.3O.Ti/c;;;;1-4(2)3;;;;/q4*+1;-2;;2*-1;. The van der Waals surface area contributed by atoms with Crippen LogP contribution in [-0.2, 0) is 26.4 Å². The second-order valence-corrected chi connectivity index (χ2v) is 1.78. The first-order valence-corrected chi connectivity index (χ1v) is 4.36. The molecule has 0 rings (SSSR count). The van der Waals surface area contributed by atoms with Crippen molar-refractivity contribution < 1.29 is 162 Å². The fourth-order valence-corrected chi connectivity index (χ4v) is 0. The van der Waals surface area contributed by atoms with E-state index in [4.69, 9.17) is 24.8 Å². The summed E-state index contributed by atoms with van der Waals surface area (Å²) in [6, 6.07) is 0. The van der Waals surface area contributed by atoms with E-state index in [1.54, 1.807) is 0 Å². The van der Waals surface area contributed by atoms with Gasteiger partial charge in [0.15, 0.2) is 0 Å². The van der Waals surface area contributed by atoms with Gasteiger partial charge in [0, 0.05) is 9.17 Å². The van der Waals surface area contributed by atoms with Gasteiger partial charge >= 0.3 is 148 Å². The summed E-state index contributed by atoms with van der Waals surface area (Å²) in [6.45, 7) is 0. The molecule has 0 heterocycles. The van der Waals surface area contributed by atoms with Gasteiger partial charge in [-0.3, -0.25) is 0 Å². The van der Waals surface area contributed by atoms with Crippen molar-refractivity contribution in [1.82, 2.24) is 0 Å². The van der Waals surface area contributed by atoms with Gasteiger partial charge in [0.2, 0.25) is 0 Å². The average Bonchev–Trinajstić information content (AvgIpc) is 1.25. The quantitative estimate of drug-likeness (QED) is 0.400. The maximum absolute atomic E-state index is 8.58. The zero-order chi connectivity index (χ0) is 7.15. The Morgan fingerprint density at radius 2 is 0.917 bits per heavy atom. The zero-order valence-electron chi connectivity index (χ0n) is 7.45. The van der Waals surface area contributed by atoms with Crippen molar-refractivity contribution in [2.24, 2.45) is 0 Å². The Morgan fingerprint density at radius 1 is 0.917 bits per heavy atom. The Morgan fingerprint density at radius 3 is 0.917 bits per heavy atom. The Balaban J connectivity index is -0.0000000112. The molecule has 0 saturated heterocycles. The van der Waals surface area contributed by atoms with Crippen molar-refractivity contribution in [3.05, 3.63) is 0 Å². The van der Waals surface area contributed by atoms with Crippen LogP contribution in [0.4, 0.5) is 0 Å². The fraction of sp³-hybridized carbons (Fsp3) is 0. The summed E-state index contributed by atoms with van der Waals surface area (Å²) in [5.74, 6) is 0. The van der Waals surface area contributed by atoms with Crippen LogP contribution in [0.5, 0.6) is 0 Å². The molecule has 0 radical (unpaired) electrons. The summed E-state index contributed by atoms with van der Waals surface area (Å²) in [5.41, 5.74) is 0. The molecule has 0 aliphatic carbocycles. The second kappa shape index (κ2) is 29.4. The average molecular weight is 264 g/mol. The summed E-state index contributed by atoms with van der Waals surface area (Å²) in [4.78, 5) is 17.0. The zero-order valence-corrected chi connectivity index (χ0v) is 18.0. The van der Waals surface area contributed by atoms with Gasteiger partial charge < -0.3 is 14.1 Å². The molecule has 0 N–H and O–H groups in total. The van der Waals surface area contributed by atoms with Gasteiger partial charge in [0.05, 0.1) is 0 Å². The molecular weight excluding hydrogens is 264 g/mol. The molecule has 0 aromatic carbocycles. The minimum absolute atomic E-state index is 0. The van der Waals surface area contributed by atoms with E-state index in [1.807, 2.05) is 0 Å². The molecule has 0 aromatic heterocycles. The topological polar surface area (TPSA) is 126 Å². The van der Waals surface area contributed by atoms with Crippen LogP contribution in [0.15, 0.2) is 0 Å². The van der Waals surface area contributed by atoms with Crippen LogP contribution >= 0.6 is 0 Å². The van der Waals surface area contributed by atoms with Gasteiger partial charge in [-0.1, -0.05) is 0 Å². The summed E-state index contributed by atoms with van der Waals surface area (Å²) in [7, 11) is -3.63. The summed E-state index contributed by atoms with van der Waals surface area (Å²) < 4.78 is 34.3. The van der Waals surface area contributed by atoms with E-state index in [1.165, 1.54) is 0 Å². The van der Waals surface area contributed by atoms with Crippen molar-refractivity contribution in [1.29, 1.82) is 0 Å². The molecule has 0 fully saturated rings. The molecule has 0 bridgehead atoms. The van der Waals surface area contributed by atoms with Gasteiger partial charge in [0.25, 0.3) is 0 Å². The van der Waals surface area contributed by atoms with E-state index >= 15 is 0 Å². The summed E-state index contributed by atoms with van der Waals surface area (Å²) in [5, 5.41) is 0. The first kappa shape index (κ1) is 36.0. The molecule has 0 amide bonds. The Hall–Kier alpha value is 4.05. The molecule has 0 unspecified atom stereocenters. The van der Waals surface area contributed by atoms with Gasteiger partial charge in [-0.25, -0.2) is 0 Å². The van der Waals surface area contributed by atoms with Gasteiger partial charge in [-0.15, -0.1) is 0 Å². The molecule has 0 spiro atoms. The maximum atomic E-state index is 8.58. The predicted octanol–water partition coefficient (Wildman–Crippen LogP) is -17.4. The van der Waals surface area contributed by atoms with Crippen molar-refractivity contribution in [3.8, 4) is 0 Å². The molecule has 48 valence electrons. The number of rotatable bonds is 0. The van der Waals surface area contributed by atoms with Gasteiger partial charge in [0.1, 0.15) is 0 Å². The Bertz CT molecular complexity index is 77.5. The molecule has 12 heteroatoms. The van der Waals surface area contributed by atoms with Crippen LogP contribution in [0.25, 0.3) is 0 Å². The van der Waals surface area contributed by atoms with Crippen LogP contribution < -0.4 is 135 Å². The van der Waals surface area contributed by atoms with E-state index in [0.29, 0.717) is 0 Å². The molecule has 6 nitrogen and oxygen atoms in total. The van der Waals surface area contributed by atoms with E-state index in [9.17, 15) is 0 Å². The van der Waals surface area contributed by atoms with Crippen LogP contribution in [0.2, 0.25) is 0 Å². The molecular formula is Na4O6SiTi. The van der Waals surface area contributed by atoms with Crippen LogP contribution in [0, 0.1) is 0 Å². The SMILES string of the molecule is O=[Si]([O-])[O-].[Na+].[Na+].[Na+].[Na+].[O]=[Ti]([O-])[O-]. The first-order chi connectivity index (χ1) is 3.46. The molecule has 12 heavy (non-hydrogen) atoms. The van der Waals surface area contributed by atoms with Gasteiger partial charge in [-0.05, 0) is 0 Å². The summed E-state index contributed by atoms with van der Waals surface area (Å²) in [6.07, 6.45) is 0. The molecule has 0 aliphatic rings. The van der Waals surface area contributed by atoms with Crippen LogP contribution in [0.3, 0.4) is 0 Å². The fourth-order valence-electron chi connectivity index (χ4n) is 0. The molecule has 0 saturated carbocycles. The molecule has 0 aliphatic heterocycles. The van der Waals surface area contributed by atoms with Crippen molar-refractivity contribution in [2.75, 3.05) is 0 Å².